The topological polar surface area (TPSA) is 79.5 Å². The second-order valence-electron chi connectivity index (χ2n) is 4.81. The fourth-order valence-electron chi connectivity index (χ4n) is 1.83. The molecular formula is C14H21NO4. The van der Waals surface area contributed by atoms with Crippen LogP contribution < -0.4 is 5.32 Å². The molecule has 0 fully saturated rings. The third-order valence-electron chi connectivity index (χ3n) is 2.82. The molecule has 0 unspecified atom stereocenters. The second-order valence-corrected chi connectivity index (χ2v) is 4.81. The first kappa shape index (κ1) is 15.3. The zero-order valence-electron chi connectivity index (χ0n) is 11.4. The van der Waals surface area contributed by atoms with Crippen molar-refractivity contribution < 1.29 is 19.1 Å². The number of aliphatic carboxylic acids is 1. The lowest BCUT2D eigenvalue weighted by atomic mass is 10.1. The Morgan fingerprint density at radius 2 is 2.05 bits per heavy atom. The smallest absolute Gasteiger partial charge is 0.303 e. The minimum Gasteiger partial charge on any atom is -0.481 e. The lowest BCUT2D eigenvalue weighted by Crippen LogP contribution is -2.25. The van der Waals surface area contributed by atoms with Crippen LogP contribution >= 0.6 is 0 Å². The number of rotatable bonds is 8. The number of furan rings is 1. The van der Waals surface area contributed by atoms with E-state index in [-0.39, 0.29) is 18.2 Å². The summed E-state index contributed by atoms with van der Waals surface area (Å²) in [5.74, 6) is -0.0330. The lowest BCUT2D eigenvalue weighted by Gasteiger charge is -2.07. The normalized spacial score (nSPS) is 10.7. The number of carboxylic acids is 1. The van der Waals surface area contributed by atoms with Crippen LogP contribution in [0.1, 0.15) is 61.6 Å². The summed E-state index contributed by atoms with van der Waals surface area (Å²) in [6.45, 7) is 4.50. The Hall–Kier alpha value is -1.78. The van der Waals surface area contributed by atoms with Gasteiger partial charge in [-0.2, -0.15) is 0 Å². The molecule has 1 aromatic rings. The van der Waals surface area contributed by atoms with Gasteiger partial charge in [-0.25, -0.2) is 0 Å². The minimum atomic E-state index is -0.774. The third-order valence-corrected chi connectivity index (χ3v) is 2.82. The van der Waals surface area contributed by atoms with Crippen LogP contribution in [0.4, 0.5) is 0 Å². The van der Waals surface area contributed by atoms with Gasteiger partial charge in [0.25, 0.3) is 5.91 Å². The number of hydrogen-bond acceptors (Lipinski definition) is 3. The average molecular weight is 267 g/mol. The van der Waals surface area contributed by atoms with Crippen LogP contribution in [0, 0.1) is 0 Å². The van der Waals surface area contributed by atoms with E-state index in [1.54, 1.807) is 6.07 Å². The lowest BCUT2D eigenvalue weighted by molar-refractivity contribution is -0.137. The first-order valence-corrected chi connectivity index (χ1v) is 6.59. The van der Waals surface area contributed by atoms with E-state index >= 15 is 0 Å². The van der Waals surface area contributed by atoms with Gasteiger partial charge in [-0.1, -0.05) is 20.3 Å². The number of carbonyl (C=O) groups is 2. The molecule has 0 aromatic carbocycles. The molecule has 0 saturated carbocycles. The van der Waals surface area contributed by atoms with E-state index in [1.165, 1.54) is 6.26 Å². The number of nitrogens with one attached hydrogen (secondary N) is 1. The van der Waals surface area contributed by atoms with Gasteiger partial charge in [0.2, 0.25) is 0 Å². The van der Waals surface area contributed by atoms with E-state index in [4.69, 9.17) is 9.52 Å². The highest BCUT2D eigenvalue weighted by atomic mass is 16.4. The number of carboxylic acid groups (broad SMARTS) is 1. The molecule has 0 radical (unpaired) electrons. The second kappa shape index (κ2) is 7.61. The summed E-state index contributed by atoms with van der Waals surface area (Å²) in [5, 5.41) is 11.3. The quantitative estimate of drug-likeness (QED) is 0.710. The predicted molar refractivity (Wildman–Crippen MR) is 71.2 cm³/mol. The number of amides is 1. The summed E-state index contributed by atoms with van der Waals surface area (Å²) in [7, 11) is 0. The van der Waals surface area contributed by atoms with Crippen LogP contribution in [-0.2, 0) is 4.79 Å². The van der Waals surface area contributed by atoms with Crippen molar-refractivity contribution in [2.45, 2.75) is 45.4 Å². The molecular weight excluding hydrogens is 246 g/mol. The number of unbranched alkanes of at least 4 members (excludes halogenated alkanes) is 2. The molecule has 1 heterocycles. The highest BCUT2D eigenvalue weighted by molar-refractivity contribution is 5.95. The van der Waals surface area contributed by atoms with Crippen LogP contribution in [0.2, 0.25) is 0 Å². The van der Waals surface area contributed by atoms with Crippen molar-refractivity contribution in [3.8, 4) is 0 Å². The highest BCUT2D eigenvalue weighted by Gasteiger charge is 2.16. The van der Waals surface area contributed by atoms with Crippen molar-refractivity contribution in [2.75, 3.05) is 6.54 Å². The first-order chi connectivity index (χ1) is 9.02. The summed E-state index contributed by atoms with van der Waals surface area (Å²) >= 11 is 0. The van der Waals surface area contributed by atoms with Gasteiger partial charge in [0.1, 0.15) is 5.76 Å². The Labute approximate surface area is 113 Å². The summed E-state index contributed by atoms with van der Waals surface area (Å²) in [4.78, 5) is 22.2. The number of carbonyl (C=O) groups excluding carboxylic acids is 1. The third kappa shape index (κ3) is 5.16. The Kier molecular flexibility index (Phi) is 6.12. The SMILES string of the molecule is CC(C)c1occc1C(=O)NCCCCCC(=O)O. The van der Waals surface area contributed by atoms with Gasteiger partial charge in [0.15, 0.2) is 0 Å². The molecule has 2 N–H and O–H groups in total. The van der Waals surface area contributed by atoms with E-state index in [0.717, 1.165) is 12.8 Å². The first-order valence-electron chi connectivity index (χ1n) is 6.59. The fourth-order valence-corrected chi connectivity index (χ4v) is 1.83. The van der Waals surface area contributed by atoms with E-state index < -0.39 is 5.97 Å². The zero-order valence-corrected chi connectivity index (χ0v) is 11.4. The molecule has 0 atom stereocenters. The van der Waals surface area contributed by atoms with Gasteiger partial charge < -0.3 is 14.8 Å². The molecule has 0 aliphatic heterocycles. The van der Waals surface area contributed by atoms with Crippen molar-refractivity contribution in [2.24, 2.45) is 0 Å². The molecule has 1 amide bonds. The van der Waals surface area contributed by atoms with Crippen molar-refractivity contribution >= 4 is 11.9 Å². The summed E-state index contributed by atoms with van der Waals surface area (Å²) in [6, 6.07) is 1.68. The Bertz CT molecular complexity index is 423. The molecule has 0 bridgehead atoms. The predicted octanol–water partition coefficient (Wildman–Crippen LogP) is 2.78. The maximum atomic E-state index is 11.9. The van der Waals surface area contributed by atoms with Gasteiger partial charge in [-0.05, 0) is 18.9 Å². The molecule has 1 rings (SSSR count). The molecule has 5 heteroatoms. The van der Waals surface area contributed by atoms with E-state index in [2.05, 4.69) is 5.32 Å². The van der Waals surface area contributed by atoms with Gasteiger partial charge >= 0.3 is 5.97 Å². The summed E-state index contributed by atoms with van der Waals surface area (Å²) < 4.78 is 5.29. The maximum absolute atomic E-state index is 11.9. The highest BCUT2D eigenvalue weighted by Crippen LogP contribution is 2.20. The van der Waals surface area contributed by atoms with E-state index in [1.807, 2.05) is 13.8 Å². The zero-order chi connectivity index (χ0) is 14.3. The maximum Gasteiger partial charge on any atom is 0.303 e. The Balaban J connectivity index is 2.28. The molecule has 0 saturated heterocycles. The van der Waals surface area contributed by atoms with Gasteiger partial charge in [0.05, 0.1) is 11.8 Å². The summed E-state index contributed by atoms with van der Waals surface area (Å²) in [6.07, 6.45) is 3.95. The monoisotopic (exact) mass is 267 g/mol. The minimum absolute atomic E-state index is 0.129. The van der Waals surface area contributed by atoms with Gasteiger partial charge in [-0.15, -0.1) is 0 Å². The molecule has 0 aliphatic carbocycles. The Morgan fingerprint density at radius 1 is 1.32 bits per heavy atom. The van der Waals surface area contributed by atoms with Crippen LogP contribution in [0.25, 0.3) is 0 Å². The average Bonchev–Trinajstić information content (AvgIpc) is 2.82. The molecule has 0 spiro atoms. The molecule has 1 aromatic heterocycles. The molecule has 19 heavy (non-hydrogen) atoms. The number of hydrogen-bond donors (Lipinski definition) is 2. The Morgan fingerprint density at radius 3 is 2.68 bits per heavy atom. The van der Waals surface area contributed by atoms with Crippen molar-refractivity contribution in [3.05, 3.63) is 23.7 Å². The fraction of sp³-hybridized carbons (Fsp3) is 0.571. The van der Waals surface area contributed by atoms with Crippen molar-refractivity contribution in [1.82, 2.24) is 5.32 Å². The largest absolute Gasteiger partial charge is 0.481 e. The van der Waals surface area contributed by atoms with Crippen LogP contribution in [0.5, 0.6) is 0 Å². The molecule has 106 valence electrons. The van der Waals surface area contributed by atoms with Crippen LogP contribution in [0.15, 0.2) is 16.7 Å². The summed E-state index contributed by atoms with van der Waals surface area (Å²) in [5.41, 5.74) is 0.584. The van der Waals surface area contributed by atoms with Gasteiger partial charge in [0, 0.05) is 18.9 Å². The standard InChI is InChI=1S/C14H21NO4/c1-10(2)13-11(7-9-19-13)14(18)15-8-5-3-4-6-12(16)17/h7,9-10H,3-6,8H2,1-2H3,(H,15,18)(H,16,17). The molecule has 0 aliphatic rings. The van der Waals surface area contributed by atoms with Crippen LogP contribution in [-0.4, -0.2) is 23.5 Å². The van der Waals surface area contributed by atoms with Gasteiger partial charge in [-0.3, -0.25) is 9.59 Å². The van der Waals surface area contributed by atoms with Crippen LogP contribution in [0.3, 0.4) is 0 Å². The van der Waals surface area contributed by atoms with E-state index in [0.29, 0.717) is 24.3 Å². The van der Waals surface area contributed by atoms with Crippen molar-refractivity contribution in [1.29, 1.82) is 0 Å². The van der Waals surface area contributed by atoms with E-state index in [9.17, 15) is 9.59 Å². The molecule has 5 nitrogen and oxygen atoms in total. The van der Waals surface area contributed by atoms with Crippen molar-refractivity contribution in [3.63, 3.8) is 0 Å².